The van der Waals surface area contributed by atoms with Gasteiger partial charge in [-0.25, -0.2) is 0 Å². The number of likely N-dealkylation sites (N-methyl/N-ethyl adjacent to an activating group) is 2. The van der Waals surface area contributed by atoms with Crippen LogP contribution >= 0.6 is 0 Å². The zero-order valence-corrected chi connectivity index (χ0v) is 17.5. The fourth-order valence-corrected chi connectivity index (χ4v) is 3.47. The third-order valence-corrected chi connectivity index (χ3v) is 5.29. The van der Waals surface area contributed by atoms with Crippen LogP contribution in [0.3, 0.4) is 0 Å². The van der Waals surface area contributed by atoms with E-state index in [9.17, 15) is 9.59 Å². The topological polar surface area (TPSA) is 58.3 Å². The first kappa shape index (κ1) is 21.4. The molecular weight excluding hydrogens is 340 g/mol. The summed E-state index contributed by atoms with van der Waals surface area (Å²) in [7, 11) is 3.74. The minimum Gasteiger partial charge on any atom is -0.354 e. The van der Waals surface area contributed by atoms with Crippen molar-refractivity contribution in [2.75, 3.05) is 53.4 Å². The second kappa shape index (κ2) is 9.33. The lowest BCUT2D eigenvalue weighted by molar-refractivity contribution is -0.897. The van der Waals surface area contributed by atoms with Crippen LogP contribution in [0.2, 0.25) is 0 Å². The first-order chi connectivity index (χ1) is 12.7. The Bertz CT molecular complexity index is 629. The van der Waals surface area contributed by atoms with Crippen LogP contribution in [0, 0.1) is 0 Å². The molecule has 3 N–H and O–H groups in total. The van der Waals surface area contributed by atoms with Crippen molar-refractivity contribution in [3.8, 4) is 0 Å². The summed E-state index contributed by atoms with van der Waals surface area (Å²) in [4.78, 5) is 28.5. The molecule has 6 heteroatoms. The van der Waals surface area contributed by atoms with Crippen molar-refractivity contribution in [2.24, 2.45) is 0 Å². The van der Waals surface area contributed by atoms with Gasteiger partial charge in [-0.05, 0) is 11.0 Å². The molecule has 150 valence electrons. The minimum absolute atomic E-state index is 0.0615. The summed E-state index contributed by atoms with van der Waals surface area (Å²) in [6.07, 6.45) is 0. The Morgan fingerprint density at radius 2 is 1.74 bits per heavy atom. The molecule has 2 rings (SSSR count). The Morgan fingerprint density at radius 1 is 1.15 bits per heavy atom. The predicted octanol–water partition coefficient (Wildman–Crippen LogP) is -1.53. The van der Waals surface area contributed by atoms with Crippen molar-refractivity contribution in [1.29, 1.82) is 0 Å². The zero-order valence-electron chi connectivity index (χ0n) is 17.5. The molecule has 0 spiro atoms. The van der Waals surface area contributed by atoms with Gasteiger partial charge in [-0.3, -0.25) is 9.59 Å². The number of nitrogens with zero attached hydrogens (tertiary/aromatic N) is 1. The number of rotatable bonds is 6. The summed E-state index contributed by atoms with van der Waals surface area (Å²) in [6.45, 7) is 11.6. The SMILES string of the molecule is CNC(=O)C[NH+]1CCN(C(=O)C[NH+](C)Cc2ccc(C(C)(C)C)cc2)CC1. The van der Waals surface area contributed by atoms with E-state index in [1.165, 1.54) is 20.9 Å². The Kier molecular flexibility index (Phi) is 7.39. The van der Waals surface area contributed by atoms with E-state index in [0.717, 1.165) is 32.7 Å². The van der Waals surface area contributed by atoms with Gasteiger partial charge in [-0.1, -0.05) is 45.0 Å². The van der Waals surface area contributed by atoms with Crippen molar-refractivity contribution >= 4 is 11.8 Å². The summed E-state index contributed by atoms with van der Waals surface area (Å²) in [5.41, 5.74) is 2.75. The van der Waals surface area contributed by atoms with Crippen molar-refractivity contribution in [3.05, 3.63) is 35.4 Å². The van der Waals surface area contributed by atoms with Gasteiger partial charge in [0.2, 0.25) is 0 Å². The monoisotopic (exact) mass is 376 g/mol. The molecule has 1 aliphatic heterocycles. The first-order valence-corrected chi connectivity index (χ1v) is 9.91. The molecule has 1 unspecified atom stereocenters. The zero-order chi connectivity index (χ0) is 20.0. The van der Waals surface area contributed by atoms with Gasteiger partial charge in [0.15, 0.2) is 13.1 Å². The lowest BCUT2D eigenvalue weighted by Crippen LogP contribution is -3.16. The van der Waals surface area contributed by atoms with Crippen LogP contribution in [0.1, 0.15) is 31.9 Å². The summed E-state index contributed by atoms with van der Waals surface area (Å²) in [6, 6.07) is 8.74. The molecule has 6 nitrogen and oxygen atoms in total. The van der Waals surface area contributed by atoms with E-state index in [-0.39, 0.29) is 17.2 Å². The third kappa shape index (κ3) is 6.63. The third-order valence-electron chi connectivity index (χ3n) is 5.29. The lowest BCUT2D eigenvalue weighted by atomic mass is 9.87. The maximum absolute atomic E-state index is 12.6. The lowest BCUT2D eigenvalue weighted by Gasteiger charge is -2.32. The molecule has 1 atom stereocenters. The van der Waals surface area contributed by atoms with Crippen LogP contribution in [0.15, 0.2) is 24.3 Å². The standard InChI is InChI=1S/C21H34N4O2/c1-21(2,3)18-8-6-17(7-9-18)14-23(5)16-20(27)25-12-10-24(11-13-25)15-19(26)22-4/h6-9H,10-16H2,1-5H3,(H,22,26)/p+2. The highest BCUT2D eigenvalue weighted by atomic mass is 16.2. The molecule has 2 amide bonds. The molecule has 1 saturated heterocycles. The highest BCUT2D eigenvalue weighted by molar-refractivity contribution is 5.77. The summed E-state index contributed by atoms with van der Waals surface area (Å²) >= 11 is 0. The van der Waals surface area contributed by atoms with E-state index in [2.05, 4.69) is 57.4 Å². The number of hydrogen-bond donors (Lipinski definition) is 3. The predicted molar refractivity (Wildman–Crippen MR) is 107 cm³/mol. The van der Waals surface area contributed by atoms with Crippen LogP contribution in [0.4, 0.5) is 0 Å². The van der Waals surface area contributed by atoms with Gasteiger partial charge in [-0.15, -0.1) is 0 Å². The largest absolute Gasteiger partial charge is 0.354 e. The molecule has 1 aromatic carbocycles. The smallest absolute Gasteiger partial charge is 0.278 e. The molecule has 27 heavy (non-hydrogen) atoms. The normalized spacial score (nSPS) is 16.9. The van der Waals surface area contributed by atoms with Crippen molar-refractivity contribution < 1.29 is 19.4 Å². The van der Waals surface area contributed by atoms with Gasteiger partial charge in [0.25, 0.3) is 11.8 Å². The molecule has 0 aliphatic carbocycles. The number of carbonyl (C=O) groups excluding carboxylic acids is 2. The molecule has 0 radical (unpaired) electrons. The molecule has 1 aromatic rings. The molecule has 1 heterocycles. The van der Waals surface area contributed by atoms with Gasteiger partial charge in [0.1, 0.15) is 6.54 Å². The Morgan fingerprint density at radius 3 is 2.26 bits per heavy atom. The van der Waals surface area contributed by atoms with Crippen molar-refractivity contribution in [1.82, 2.24) is 10.2 Å². The summed E-state index contributed by atoms with van der Waals surface area (Å²) < 4.78 is 0. The van der Waals surface area contributed by atoms with E-state index in [0.29, 0.717) is 13.1 Å². The Labute approximate surface area is 163 Å². The van der Waals surface area contributed by atoms with E-state index in [1.807, 2.05) is 4.90 Å². The van der Waals surface area contributed by atoms with Crippen LogP contribution in [-0.4, -0.2) is 70.1 Å². The number of carbonyl (C=O) groups is 2. The molecule has 0 saturated carbocycles. The average Bonchev–Trinajstić information content (AvgIpc) is 2.61. The molecule has 1 fully saturated rings. The summed E-state index contributed by atoms with van der Waals surface area (Å²) in [5.74, 6) is 0.268. The van der Waals surface area contributed by atoms with E-state index in [4.69, 9.17) is 0 Å². The van der Waals surface area contributed by atoms with Gasteiger partial charge < -0.3 is 20.0 Å². The molecule has 0 bridgehead atoms. The van der Waals surface area contributed by atoms with Gasteiger partial charge in [-0.2, -0.15) is 0 Å². The van der Waals surface area contributed by atoms with Gasteiger partial charge in [0, 0.05) is 12.6 Å². The van der Waals surface area contributed by atoms with Crippen LogP contribution in [0.5, 0.6) is 0 Å². The van der Waals surface area contributed by atoms with E-state index >= 15 is 0 Å². The molecule has 1 aliphatic rings. The number of piperazine rings is 1. The maximum atomic E-state index is 12.6. The number of nitrogens with one attached hydrogen (secondary N) is 3. The summed E-state index contributed by atoms with van der Waals surface area (Å²) in [5, 5.41) is 2.66. The Balaban J connectivity index is 1.78. The maximum Gasteiger partial charge on any atom is 0.278 e. The Hall–Kier alpha value is -1.92. The molecule has 0 aromatic heterocycles. The minimum atomic E-state index is 0.0615. The van der Waals surface area contributed by atoms with Crippen LogP contribution in [0.25, 0.3) is 0 Å². The molecular formula is C21H36N4O2+2. The average molecular weight is 377 g/mol. The van der Waals surface area contributed by atoms with Crippen LogP contribution in [-0.2, 0) is 21.5 Å². The van der Waals surface area contributed by atoms with Crippen molar-refractivity contribution in [3.63, 3.8) is 0 Å². The highest BCUT2D eigenvalue weighted by Gasteiger charge is 2.26. The number of amides is 2. The van der Waals surface area contributed by atoms with Crippen molar-refractivity contribution in [2.45, 2.75) is 32.7 Å². The fourth-order valence-electron chi connectivity index (χ4n) is 3.47. The number of hydrogen-bond acceptors (Lipinski definition) is 2. The van der Waals surface area contributed by atoms with E-state index < -0.39 is 0 Å². The second-order valence-electron chi connectivity index (χ2n) is 8.74. The number of quaternary nitrogens is 2. The second-order valence-corrected chi connectivity index (χ2v) is 8.74. The quantitative estimate of drug-likeness (QED) is 0.564. The van der Waals surface area contributed by atoms with Gasteiger partial charge in [0.05, 0.1) is 33.2 Å². The number of benzene rings is 1. The fraction of sp³-hybridized carbons (Fsp3) is 0.619. The van der Waals surface area contributed by atoms with Crippen LogP contribution < -0.4 is 15.1 Å². The van der Waals surface area contributed by atoms with E-state index in [1.54, 1.807) is 7.05 Å². The van der Waals surface area contributed by atoms with Gasteiger partial charge >= 0.3 is 0 Å². The first-order valence-electron chi connectivity index (χ1n) is 9.91. The highest BCUT2D eigenvalue weighted by Crippen LogP contribution is 2.21.